The molecule has 0 N–H and O–H groups in total. The first kappa shape index (κ1) is 27.0. The second-order valence-corrected chi connectivity index (χ2v) is 12.0. The zero-order chi connectivity index (χ0) is 27.6. The zero-order valence-corrected chi connectivity index (χ0v) is 23.2. The first-order chi connectivity index (χ1) is 18.7. The van der Waals surface area contributed by atoms with Gasteiger partial charge in [-0.2, -0.15) is 4.31 Å². The zero-order valence-electron chi connectivity index (χ0n) is 22.4. The molecule has 1 amide bonds. The number of amides is 1. The molecule has 2 aliphatic heterocycles. The Bertz CT molecular complexity index is 1460. The summed E-state index contributed by atoms with van der Waals surface area (Å²) < 4.78 is 45.7. The van der Waals surface area contributed by atoms with Crippen molar-refractivity contribution in [1.82, 2.24) is 14.4 Å². The molecule has 39 heavy (non-hydrogen) atoms. The molecule has 0 aliphatic carbocycles. The third kappa shape index (κ3) is 5.86. The first-order valence-corrected chi connectivity index (χ1v) is 14.5. The van der Waals surface area contributed by atoms with Crippen molar-refractivity contribution in [2.45, 2.75) is 37.7 Å². The number of piperidine rings is 1. The van der Waals surface area contributed by atoms with Gasteiger partial charge in [-0.05, 0) is 50.5 Å². The maximum atomic E-state index is 13.6. The van der Waals surface area contributed by atoms with Gasteiger partial charge >= 0.3 is 0 Å². The van der Waals surface area contributed by atoms with Crippen LogP contribution in [0.25, 0.3) is 12.2 Å². The number of hydrogen-bond acceptors (Lipinski definition) is 7. The highest BCUT2D eigenvalue weighted by Crippen LogP contribution is 2.32. The number of carbonyl (C=O) groups excluding carboxylic acids is 1. The van der Waals surface area contributed by atoms with Gasteiger partial charge in [0, 0.05) is 26.1 Å². The molecule has 1 fully saturated rings. The van der Waals surface area contributed by atoms with Gasteiger partial charge in [-0.1, -0.05) is 53.2 Å². The van der Waals surface area contributed by atoms with E-state index < -0.39 is 10.0 Å². The van der Waals surface area contributed by atoms with Crippen molar-refractivity contribution in [2.24, 2.45) is 5.92 Å². The SMILES string of the molecule is Cc1ccc(/C=C/c2onc(C)c2S(=O)(=O)N2CCC(C(=O)N(C)C[C@@H]3COc4ccccc4O3)CC2)cc1. The molecular weight excluding hydrogens is 518 g/mol. The maximum Gasteiger partial charge on any atom is 0.248 e. The van der Waals surface area contributed by atoms with E-state index in [2.05, 4.69) is 5.16 Å². The first-order valence-electron chi connectivity index (χ1n) is 13.1. The van der Waals surface area contributed by atoms with Gasteiger partial charge in [0.15, 0.2) is 28.3 Å². The number of rotatable bonds is 7. The minimum atomic E-state index is -3.85. The van der Waals surface area contributed by atoms with E-state index >= 15 is 0 Å². The molecular formula is C29H33N3O6S. The van der Waals surface area contributed by atoms with Crippen LogP contribution in [0.1, 0.15) is 35.4 Å². The van der Waals surface area contributed by atoms with Crippen molar-refractivity contribution in [1.29, 1.82) is 0 Å². The molecule has 0 unspecified atom stereocenters. The summed E-state index contributed by atoms with van der Waals surface area (Å²) in [4.78, 5) is 14.9. The highest BCUT2D eigenvalue weighted by atomic mass is 32.2. The molecule has 0 bridgehead atoms. The number of benzene rings is 2. The van der Waals surface area contributed by atoms with Crippen LogP contribution in [-0.2, 0) is 14.8 Å². The molecule has 0 spiro atoms. The van der Waals surface area contributed by atoms with Crippen LogP contribution in [0, 0.1) is 19.8 Å². The second-order valence-electron chi connectivity index (χ2n) is 10.1. The van der Waals surface area contributed by atoms with E-state index in [4.69, 9.17) is 14.0 Å². The molecule has 0 saturated carbocycles. The monoisotopic (exact) mass is 551 g/mol. The molecule has 0 radical (unpaired) electrons. The Morgan fingerprint density at radius 2 is 1.74 bits per heavy atom. The number of hydrogen-bond donors (Lipinski definition) is 0. The van der Waals surface area contributed by atoms with Crippen LogP contribution in [0.2, 0.25) is 0 Å². The van der Waals surface area contributed by atoms with E-state index in [1.165, 1.54) is 4.31 Å². The van der Waals surface area contributed by atoms with Gasteiger partial charge in [-0.25, -0.2) is 8.42 Å². The number of likely N-dealkylation sites (N-methyl/N-ethyl adjacent to an activating group) is 1. The molecule has 1 saturated heterocycles. The lowest BCUT2D eigenvalue weighted by molar-refractivity contribution is -0.136. The van der Waals surface area contributed by atoms with Gasteiger partial charge in [-0.3, -0.25) is 4.79 Å². The fourth-order valence-electron chi connectivity index (χ4n) is 4.98. The molecule has 2 aromatic carbocycles. The normalized spacial score (nSPS) is 18.4. The van der Waals surface area contributed by atoms with Crippen molar-refractivity contribution >= 4 is 28.1 Å². The highest BCUT2D eigenvalue weighted by Gasteiger charge is 2.37. The van der Waals surface area contributed by atoms with Crippen LogP contribution in [0.4, 0.5) is 0 Å². The quantitative estimate of drug-likeness (QED) is 0.435. The van der Waals surface area contributed by atoms with Crippen LogP contribution in [0.3, 0.4) is 0 Å². The largest absolute Gasteiger partial charge is 0.486 e. The average Bonchev–Trinajstić information content (AvgIpc) is 3.33. The Morgan fingerprint density at radius 1 is 1.05 bits per heavy atom. The van der Waals surface area contributed by atoms with Gasteiger partial charge < -0.3 is 18.9 Å². The summed E-state index contributed by atoms with van der Waals surface area (Å²) in [5, 5.41) is 3.93. The van der Waals surface area contributed by atoms with Gasteiger partial charge in [0.2, 0.25) is 15.9 Å². The van der Waals surface area contributed by atoms with Crippen molar-refractivity contribution in [3.63, 3.8) is 0 Å². The molecule has 2 aliphatic rings. The minimum Gasteiger partial charge on any atom is -0.486 e. The number of aromatic nitrogens is 1. The van der Waals surface area contributed by atoms with E-state index in [-0.39, 0.29) is 41.7 Å². The average molecular weight is 552 g/mol. The van der Waals surface area contributed by atoms with Gasteiger partial charge in [0.1, 0.15) is 12.3 Å². The van der Waals surface area contributed by atoms with E-state index in [9.17, 15) is 13.2 Å². The standard InChI is InChI=1S/C29H33N3O6S/c1-20-8-10-22(11-9-20)12-13-27-28(21(2)30-38-27)39(34,35)32-16-14-23(15-17-32)29(33)31(3)18-24-19-36-25-6-4-5-7-26(25)37-24/h4-13,23-24H,14-19H2,1-3H3/b13-12+/t24-/m1/s1. The lowest BCUT2D eigenvalue weighted by Gasteiger charge is -2.34. The van der Waals surface area contributed by atoms with Gasteiger partial charge in [-0.15, -0.1) is 0 Å². The minimum absolute atomic E-state index is 0.0163. The Kier molecular flexibility index (Phi) is 7.76. The Labute approximate surface area is 229 Å². The van der Waals surface area contributed by atoms with Crippen LogP contribution in [0.5, 0.6) is 11.5 Å². The number of ether oxygens (including phenoxy) is 2. The number of carbonyl (C=O) groups is 1. The summed E-state index contributed by atoms with van der Waals surface area (Å²) in [5.41, 5.74) is 2.38. The van der Waals surface area contributed by atoms with Crippen molar-refractivity contribution < 1.29 is 27.2 Å². The molecule has 1 aromatic heterocycles. The predicted molar refractivity (Wildman–Crippen MR) is 147 cm³/mol. The molecule has 5 rings (SSSR count). The van der Waals surface area contributed by atoms with E-state index in [1.807, 2.05) is 55.5 Å². The molecule has 1 atom stereocenters. The third-order valence-corrected chi connectivity index (χ3v) is 9.22. The van der Waals surface area contributed by atoms with Crippen LogP contribution in [0.15, 0.2) is 57.9 Å². The number of aryl methyl sites for hydroxylation is 2. The van der Waals surface area contributed by atoms with Crippen LogP contribution >= 0.6 is 0 Å². The number of para-hydroxylation sites is 2. The summed E-state index contributed by atoms with van der Waals surface area (Å²) in [5.74, 6) is 1.29. The number of fused-ring (bicyclic) bond motifs is 1. The number of sulfonamides is 1. The molecule has 10 heteroatoms. The fourth-order valence-corrected chi connectivity index (χ4v) is 6.70. The second kappa shape index (κ2) is 11.2. The summed E-state index contributed by atoms with van der Waals surface area (Å²) in [6.45, 7) is 4.88. The van der Waals surface area contributed by atoms with E-state index in [1.54, 1.807) is 31.0 Å². The topological polar surface area (TPSA) is 102 Å². The lowest BCUT2D eigenvalue weighted by Crippen LogP contribution is -2.47. The highest BCUT2D eigenvalue weighted by molar-refractivity contribution is 7.89. The number of nitrogens with zero attached hydrogens (tertiary/aromatic N) is 3. The Hall–Kier alpha value is -3.63. The fraction of sp³-hybridized carbons (Fsp3) is 0.379. The maximum absolute atomic E-state index is 13.6. The molecule has 206 valence electrons. The van der Waals surface area contributed by atoms with Gasteiger partial charge in [0.05, 0.1) is 6.54 Å². The molecule has 3 aromatic rings. The molecule has 9 nitrogen and oxygen atoms in total. The summed E-state index contributed by atoms with van der Waals surface area (Å²) in [6, 6.07) is 15.3. The van der Waals surface area contributed by atoms with Crippen LogP contribution in [-0.4, -0.2) is 68.1 Å². The smallest absolute Gasteiger partial charge is 0.248 e. The Balaban J connectivity index is 1.20. The summed E-state index contributed by atoms with van der Waals surface area (Å²) in [6.07, 6.45) is 4.05. The lowest BCUT2D eigenvalue weighted by atomic mass is 9.96. The Morgan fingerprint density at radius 3 is 2.46 bits per heavy atom. The third-order valence-electron chi connectivity index (χ3n) is 7.16. The predicted octanol–water partition coefficient (Wildman–Crippen LogP) is 4.16. The summed E-state index contributed by atoms with van der Waals surface area (Å²) in [7, 11) is -2.09. The van der Waals surface area contributed by atoms with E-state index in [0.717, 1.165) is 11.1 Å². The van der Waals surface area contributed by atoms with Crippen molar-refractivity contribution in [3.8, 4) is 11.5 Å². The summed E-state index contributed by atoms with van der Waals surface area (Å²) >= 11 is 0. The molecule has 3 heterocycles. The van der Waals surface area contributed by atoms with Crippen molar-refractivity contribution in [3.05, 3.63) is 71.1 Å². The van der Waals surface area contributed by atoms with Crippen LogP contribution < -0.4 is 9.47 Å². The van der Waals surface area contributed by atoms with Gasteiger partial charge in [0.25, 0.3) is 0 Å². The van der Waals surface area contributed by atoms with Crippen molar-refractivity contribution in [2.75, 3.05) is 33.3 Å². The van der Waals surface area contributed by atoms with E-state index in [0.29, 0.717) is 43.2 Å².